The maximum absolute atomic E-state index is 12.0. The number of amides is 1. The number of carbonyl (C=O) groups excluding carboxylic acids is 1. The third-order valence-corrected chi connectivity index (χ3v) is 4.02. The van der Waals surface area contributed by atoms with Crippen LogP contribution in [0, 0.1) is 13.8 Å². The summed E-state index contributed by atoms with van der Waals surface area (Å²) < 4.78 is 11.7. The van der Waals surface area contributed by atoms with Crippen LogP contribution >= 0.6 is 15.9 Å². The predicted octanol–water partition coefficient (Wildman–Crippen LogP) is 4.09. The fourth-order valence-corrected chi connectivity index (χ4v) is 2.21. The summed E-state index contributed by atoms with van der Waals surface area (Å²) >= 11 is 3.43. The van der Waals surface area contributed by atoms with Crippen molar-refractivity contribution < 1.29 is 14.3 Å². The van der Waals surface area contributed by atoms with Crippen LogP contribution in [-0.2, 0) is 4.79 Å². The highest BCUT2D eigenvalue weighted by Gasteiger charge is 2.09. The predicted molar refractivity (Wildman–Crippen MR) is 90.7 cm³/mol. The van der Waals surface area contributed by atoms with Crippen molar-refractivity contribution in [1.82, 2.24) is 0 Å². The van der Waals surface area contributed by atoms with Gasteiger partial charge in [-0.1, -0.05) is 22.0 Å². The van der Waals surface area contributed by atoms with Crippen molar-refractivity contribution in [3.05, 3.63) is 52.0 Å². The lowest BCUT2D eigenvalue weighted by molar-refractivity contribution is -0.118. The minimum Gasteiger partial charge on any atom is -0.495 e. The van der Waals surface area contributed by atoms with Crippen molar-refractivity contribution in [2.24, 2.45) is 0 Å². The number of anilines is 1. The third-order valence-electron chi connectivity index (χ3n) is 3.13. The van der Waals surface area contributed by atoms with Gasteiger partial charge in [-0.2, -0.15) is 0 Å². The van der Waals surface area contributed by atoms with Crippen LogP contribution in [0.1, 0.15) is 11.1 Å². The molecule has 0 aromatic heterocycles. The van der Waals surface area contributed by atoms with Crippen molar-refractivity contribution in [3.63, 3.8) is 0 Å². The number of benzene rings is 2. The molecule has 5 heteroatoms. The molecule has 0 unspecified atom stereocenters. The second-order valence-electron chi connectivity index (χ2n) is 4.95. The lowest BCUT2D eigenvalue weighted by Gasteiger charge is -2.12. The van der Waals surface area contributed by atoms with E-state index in [4.69, 9.17) is 9.47 Å². The largest absolute Gasteiger partial charge is 0.495 e. The van der Waals surface area contributed by atoms with E-state index in [2.05, 4.69) is 21.2 Å². The minimum atomic E-state index is -0.232. The minimum absolute atomic E-state index is 0.0574. The van der Waals surface area contributed by atoms with Gasteiger partial charge in [0.1, 0.15) is 11.5 Å². The third kappa shape index (κ3) is 4.24. The van der Waals surface area contributed by atoms with Crippen LogP contribution in [0.4, 0.5) is 5.69 Å². The molecule has 1 N–H and O–H groups in total. The molecule has 0 fully saturated rings. The quantitative estimate of drug-likeness (QED) is 0.869. The van der Waals surface area contributed by atoms with Gasteiger partial charge in [0.2, 0.25) is 0 Å². The summed E-state index contributed by atoms with van der Waals surface area (Å²) in [6.07, 6.45) is 0. The molecule has 2 aromatic rings. The molecule has 22 heavy (non-hydrogen) atoms. The number of carbonyl (C=O) groups is 1. The highest BCUT2D eigenvalue weighted by atomic mass is 79.9. The van der Waals surface area contributed by atoms with Crippen LogP contribution in [0.2, 0.25) is 0 Å². The monoisotopic (exact) mass is 363 g/mol. The van der Waals surface area contributed by atoms with Gasteiger partial charge in [0.15, 0.2) is 6.61 Å². The summed E-state index contributed by atoms with van der Waals surface area (Å²) in [5, 5.41) is 2.80. The summed E-state index contributed by atoms with van der Waals surface area (Å²) in [5.41, 5.74) is 2.74. The molecule has 0 saturated heterocycles. The van der Waals surface area contributed by atoms with E-state index in [1.54, 1.807) is 7.11 Å². The zero-order valence-electron chi connectivity index (χ0n) is 12.8. The number of nitrogens with one attached hydrogen (secondary N) is 1. The number of hydrogen-bond donors (Lipinski definition) is 1. The van der Waals surface area contributed by atoms with E-state index in [9.17, 15) is 4.79 Å². The van der Waals surface area contributed by atoms with Gasteiger partial charge in [-0.3, -0.25) is 4.79 Å². The Hall–Kier alpha value is -2.01. The van der Waals surface area contributed by atoms with Crippen molar-refractivity contribution in [3.8, 4) is 11.5 Å². The second-order valence-corrected chi connectivity index (χ2v) is 5.81. The lowest BCUT2D eigenvalue weighted by Crippen LogP contribution is -2.20. The van der Waals surface area contributed by atoms with E-state index in [-0.39, 0.29) is 12.5 Å². The Bertz CT molecular complexity index is 686. The maximum Gasteiger partial charge on any atom is 0.262 e. The first-order chi connectivity index (χ1) is 10.5. The molecule has 4 nitrogen and oxygen atoms in total. The molecular weight excluding hydrogens is 346 g/mol. The molecule has 0 aliphatic heterocycles. The van der Waals surface area contributed by atoms with Gasteiger partial charge in [-0.25, -0.2) is 0 Å². The van der Waals surface area contributed by atoms with E-state index in [1.165, 1.54) is 0 Å². The van der Waals surface area contributed by atoms with E-state index < -0.39 is 0 Å². The van der Waals surface area contributed by atoms with Crippen LogP contribution in [0.5, 0.6) is 11.5 Å². The van der Waals surface area contributed by atoms with E-state index in [1.807, 2.05) is 50.2 Å². The molecule has 1 amide bonds. The van der Waals surface area contributed by atoms with Gasteiger partial charge in [0.05, 0.1) is 12.8 Å². The first-order valence-corrected chi connectivity index (χ1v) is 7.62. The van der Waals surface area contributed by atoms with E-state index in [0.717, 1.165) is 15.6 Å². The molecule has 0 radical (unpaired) electrons. The summed E-state index contributed by atoms with van der Waals surface area (Å²) in [6, 6.07) is 11.2. The van der Waals surface area contributed by atoms with Gasteiger partial charge < -0.3 is 14.8 Å². The number of halogens is 1. The molecule has 2 aromatic carbocycles. The molecule has 0 spiro atoms. The van der Waals surface area contributed by atoms with Gasteiger partial charge in [-0.05, 0) is 55.3 Å². The molecule has 0 saturated carbocycles. The van der Waals surface area contributed by atoms with Crippen molar-refractivity contribution >= 4 is 27.5 Å². The average molecular weight is 364 g/mol. The highest BCUT2D eigenvalue weighted by Crippen LogP contribution is 2.25. The summed E-state index contributed by atoms with van der Waals surface area (Å²) in [6.45, 7) is 3.86. The topological polar surface area (TPSA) is 47.6 Å². The zero-order valence-corrected chi connectivity index (χ0v) is 14.4. The Balaban J connectivity index is 1.98. The first kappa shape index (κ1) is 16.4. The summed E-state index contributed by atoms with van der Waals surface area (Å²) in [4.78, 5) is 12.0. The molecule has 0 aliphatic rings. The second kappa shape index (κ2) is 7.31. The first-order valence-electron chi connectivity index (χ1n) is 6.83. The Morgan fingerprint density at radius 1 is 1.18 bits per heavy atom. The normalized spacial score (nSPS) is 10.2. The van der Waals surface area contributed by atoms with Gasteiger partial charge >= 0.3 is 0 Å². The van der Waals surface area contributed by atoms with Crippen molar-refractivity contribution in [2.75, 3.05) is 19.0 Å². The molecule has 0 aliphatic carbocycles. The van der Waals surface area contributed by atoms with Crippen LogP contribution in [0.25, 0.3) is 0 Å². The number of hydrogen-bond acceptors (Lipinski definition) is 3. The Morgan fingerprint density at radius 2 is 1.95 bits per heavy atom. The van der Waals surface area contributed by atoms with E-state index in [0.29, 0.717) is 17.2 Å². The van der Waals surface area contributed by atoms with Crippen molar-refractivity contribution in [2.45, 2.75) is 13.8 Å². The molecule has 0 heterocycles. The SMILES string of the molecule is COc1ccc(C)cc1NC(=O)COc1ccc(Br)c(C)c1. The maximum atomic E-state index is 12.0. The Labute approximate surface area is 138 Å². The highest BCUT2D eigenvalue weighted by molar-refractivity contribution is 9.10. The summed E-state index contributed by atoms with van der Waals surface area (Å²) in [7, 11) is 1.57. The fraction of sp³-hybridized carbons (Fsp3) is 0.235. The molecule has 116 valence electrons. The van der Waals surface area contributed by atoms with E-state index >= 15 is 0 Å². The lowest BCUT2D eigenvalue weighted by atomic mass is 10.2. The standard InChI is InChI=1S/C17H18BrNO3/c1-11-4-7-16(21-3)15(8-11)19-17(20)10-22-13-5-6-14(18)12(2)9-13/h4-9H,10H2,1-3H3,(H,19,20). The Morgan fingerprint density at radius 3 is 2.64 bits per heavy atom. The average Bonchev–Trinajstić information content (AvgIpc) is 2.49. The molecular formula is C17H18BrNO3. The van der Waals surface area contributed by atoms with Gasteiger partial charge in [0, 0.05) is 4.47 Å². The molecule has 2 rings (SSSR count). The van der Waals surface area contributed by atoms with Crippen LogP contribution in [0.3, 0.4) is 0 Å². The molecule has 0 bridgehead atoms. The van der Waals surface area contributed by atoms with Crippen molar-refractivity contribution in [1.29, 1.82) is 0 Å². The van der Waals surface area contributed by atoms with Gasteiger partial charge in [0.25, 0.3) is 5.91 Å². The van der Waals surface area contributed by atoms with Crippen LogP contribution < -0.4 is 14.8 Å². The zero-order chi connectivity index (χ0) is 16.1. The van der Waals surface area contributed by atoms with Crippen LogP contribution in [-0.4, -0.2) is 19.6 Å². The summed E-state index contributed by atoms with van der Waals surface area (Å²) in [5.74, 6) is 1.05. The Kier molecular flexibility index (Phi) is 5.44. The smallest absolute Gasteiger partial charge is 0.262 e. The number of rotatable bonds is 5. The fourth-order valence-electron chi connectivity index (χ4n) is 1.96. The number of aryl methyl sites for hydroxylation is 2. The van der Waals surface area contributed by atoms with Gasteiger partial charge in [-0.15, -0.1) is 0 Å². The van der Waals surface area contributed by atoms with Crippen LogP contribution in [0.15, 0.2) is 40.9 Å². The number of methoxy groups -OCH3 is 1. The number of ether oxygens (including phenoxy) is 2. The molecule has 0 atom stereocenters.